The number of halogens is 2. The van der Waals surface area contributed by atoms with E-state index < -0.39 is 45.2 Å². The van der Waals surface area contributed by atoms with Crippen LogP contribution in [0, 0.1) is 17.8 Å². The first-order valence-corrected chi connectivity index (χ1v) is 19.6. The fourth-order valence-electron chi connectivity index (χ4n) is 7.32. The largest absolute Gasteiger partial charge is 0.496 e. The maximum Gasteiger partial charge on any atom is 0.410 e. The number of carbonyl (C=O) groups excluding carboxylic acids is 2. The number of rotatable bonds is 13. The highest BCUT2D eigenvalue weighted by atomic mass is 32.2. The minimum atomic E-state index is -4.65. The number of benzene rings is 2. The van der Waals surface area contributed by atoms with E-state index in [0.29, 0.717) is 29.4 Å². The van der Waals surface area contributed by atoms with Crippen LogP contribution in [-0.4, -0.2) is 81.8 Å². The van der Waals surface area contributed by atoms with Crippen LogP contribution in [0.1, 0.15) is 64.0 Å². The van der Waals surface area contributed by atoms with Crippen molar-refractivity contribution in [3.05, 3.63) is 85.0 Å². The number of likely N-dealkylation sites (tertiary alicyclic amines) is 2. The van der Waals surface area contributed by atoms with Gasteiger partial charge in [-0.1, -0.05) is 62.8 Å². The van der Waals surface area contributed by atoms with Gasteiger partial charge in [-0.25, -0.2) is 13.2 Å². The van der Waals surface area contributed by atoms with Gasteiger partial charge in [-0.05, 0) is 75.4 Å². The molecule has 2 aromatic rings. The van der Waals surface area contributed by atoms with Gasteiger partial charge in [0, 0.05) is 49.1 Å². The summed E-state index contributed by atoms with van der Waals surface area (Å²) in [5, 5.41) is 0. The van der Waals surface area contributed by atoms with Crippen molar-refractivity contribution in [1.82, 2.24) is 14.5 Å². The average Bonchev–Trinajstić information content (AvgIpc) is 3.72. The molecular formula is C40H51F2N3O7S. The summed E-state index contributed by atoms with van der Waals surface area (Å²) in [6.07, 6.45) is 9.90. The first kappa shape index (κ1) is 40.0. The molecule has 2 aromatic carbocycles. The number of carbonyl (C=O) groups is 2. The van der Waals surface area contributed by atoms with Gasteiger partial charge in [-0.15, -0.1) is 0 Å². The SMILES string of the molecule is C=C/C=C(\C=C)c1ccc(C(F)(F)C(NS(=O)(=O)c2ccc(OCC3CCCCC3)cc2)C(=O)N2C[C@H]3CN(C(=O)OC(C)(C)C)C[C@H]3C2)cc1OC. The lowest BCUT2D eigenvalue weighted by atomic mass is 9.90. The summed E-state index contributed by atoms with van der Waals surface area (Å²) in [5.74, 6) is -4.51. The van der Waals surface area contributed by atoms with E-state index in [1.807, 2.05) is 0 Å². The topological polar surface area (TPSA) is 114 Å². The Balaban J connectivity index is 1.41. The van der Waals surface area contributed by atoms with Crippen molar-refractivity contribution in [2.75, 3.05) is 39.9 Å². The zero-order chi connectivity index (χ0) is 38.6. The van der Waals surface area contributed by atoms with Gasteiger partial charge in [-0.3, -0.25) is 4.79 Å². The molecular weight excluding hydrogens is 705 g/mol. The third kappa shape index (κ3) is 9.48. The molecule has 0 aromatic heterocycles. The van der Waals surface area contributed by atoms with Crippen LogP contribution in [0.25, 0.3) is 5.57 Å². The fraction of sp³-hybridized carbons (Fsp3) is 0.500. The molecule has 1 N–H and O–H groups in total. The highest BCUT2D eigenvalue weighted by Crippen LogP contribution is 2.40. The van der Waals surface area contributed by atoms with Crippen LogP contribution in [0.5, 0.6) is 11.5 Å². The number of fused-ring (bicyclic) bond motifs is 1. The zero-order valence-corrected chi connectivity index (χ0v) is 31.8. The summed E-state index contributed by atoms with van der Waals surface area (Å²) in [6, 6.07) is 6.68. The molecule has 0 spiro atoms. The molecule has 1 aliphatic carbocycles. The molecule has 10 nitrogen and oxygen atoms in total. The normalized spacial score (nSPS) is 20.5. The van der Waals surface area contributed by atoms with Crippen molar-refractivity contribution in [2.24, 2.45) is 17.8 Å². The Labute approximate surface area is 311 Å². The molecule has 3 aliphatic rings. The standard InChI is InChI=1S/C40H51F2N3O7S/c1-7-12-28(8-2)34-20-15-31(21-35(34)50-6)40(41,42)36(37(46)44-22-29-24-45(25-30(29)23-44)38(47)52-39(3,4)5)43-53(48,49)33-18-16-32(17-19-33)51-26-27-13-10-9-11-14-27/h7-8,12,15-21,27,29-30,36,43H,1-2,9-11,13-14,22-26H2,3-6H3/b28-12+/t29-,30+,36?. The van der Waals surface area contributed by atoms with Crippen molar-refractivity contribution in [2.45, 2.75) is 75.3 Å². The minimum absolute atomic E-state index is 0.0709. The van der Waals surface area contributed by atoms with Gasteiger partial charge in [0.1, 0.15) is 17.1 Å². The molecule has 3 fully saturated rings. The number of methoxy groups -OCH3 is 1. The third-order valence-electron chi connectivity index (χ3n) is 10.1. The van der Waals surface area contributed by atoms with Crippen molar-refractivity contribution in [3.8, 4) is 11.5 Å². The van der Waals surface area contributed by atoms with Gasteiger partial charge >= 0.3 is 6.09 Å². The second kappa shape index (κ2) is 16.4. The zero-order valence-electron chi connectivity index (χ0n) is 31.0. The molecule has 288 valence electrons. The van der Waals surface area contributed by atoms with Crippen molar-refractivity contribution in [1.29, 1.82) is 0 Å². The molecule has 2 amide bonds. The Kier molecular flexibility index (Phi) is 12.4. The van der Waals surface area contributed by atoms with E-state index in [2.05, 4.69) is 17.9 Å². The summed E-state index contributed by atoms with van der Waals surface area (Å²) in [6.45, 7) is 14.0. The van der Waals surface area contributed by atoms with Gasteiger partial charge in [0.25, 0.3) is 5.92 Å². The number of allylic oxidation sites excluding steroid dienone is 4. The molecule has 3 atom stereocenters. The lowest BCUT2D eigenvalue weighted by molar-refractivity contribution is -0.143. The molecule has 2 heterocycles. The van der Waals surface area contributed by atoms with E-state index >= 15 is 8.78 Å². The molecule has 1 unspecified atom stereocenters. The van der Waals surface area contributed by atoms with Crippen LogP contribution >= 0.6 is 0 Å². The number of alkyl halides is 2. The van der Waals surface area contributed by atoms with E-state index in [-0.39, 0.29) is 48.7 Å². The van der Waals surface area contributed by atoms with Gasteiger partial charge in [0.15, 0.2) is 6.04 Å². The Morgan fingerprint density at radius 3 is 2.15 bits per heavy atom. The smallest absolute Gasteiger partial charge is 0.410 e. The Morgan fingerprint density at radius 2 is 1.58 bits per heavy atom. The summed E-state index contributed by atoms with van der Waals surface area (Å²) >= 11 is 0. The number of ether oxygens (including phenoxy) is 3. The Hall–Kier alpha value is -4.23. The van der Waals surface area contributed by atoms with Gasteiger partial charge in [-0.2, -0.15) is 13.5 Å². The maximum atomic E-state index is 16.8. The van der Waals surface area contributed by atoms with Crippen molar-refractivity contribution < 1.29 is 41.0 Å². The summed E-state index contributed by atoms with van der Waals surface area (Å²) < 4.78 is 80.2. The Morgan fingerprint density at radius 1 is 0.962 bits per heavy atom. The van der Waals surface area contributed by atoms with E-state index in [1.54, 1.807) is 31.7 Å². The van der Waals surface area contributed by atoms with E-state index in [9.17, 15) is 18.0 Å². The third-order valence-corrected chi connectivity index (χ3v) is 11.5. The highest BCUT2D eigenvalue weighted by Gasteiger charge is 2.53. The molecule has 5 rings (SSSR count). The molecule has 0 radical (unpaired) electrons. The predicted octanol–water partition coefficient (Wildman–Crippen LogP) is 7.17. The number of nitrogens with one attached hydrogen (secondary N) is 1. The fourth-order valence-corrected chi connectivity index (χ4v) is 8.50. The second-order valence-electron chi connectivity index (χ2n) is 15.1. The number of amides is 2. The predicted molar refractivity (Wildman–Crippen MR) is 199 cm³/mol. The van der Waals surface area contributed by atoms with Crippen LogP contribution < -0.4 is 14.2 Å². The Bertz CT molecular complexity index is 1790. The number of nitrogens with zero attached hydrogens (tertiary/aromatic N) is 2. The molecule has 0 bridgehead atoms. The maximum absolute atomic E-state index is 16.8. The van der Waals surface area contributed by atoms with E-state index in [4.69, 9.17) is 14.2 Å². The number of hydrogen-bond acceptors (Lipinski definition) is 7. The molecule has 13 heteroatoms. The summed E-state index contributed by atoms with van der Waals surface area (Å²) in [7, 11) is -3.32. The van der Waals surface area contributed by atoms with Crippen molar-refractivity contribution in [3.63, 3.8) is 0 Å². The first-order valence-electron chi connectivity index (χ1n) is 18.1. The van der Waals surface area contributed by atoms with Crippen LogP contribution in [0.15, 0.2) is 78.7 Å². The summed E-state index contributed by atoms with van der Waals surface area (Å²) in [5.41, 5.74) is -0.290. The van der Waals surface area contributed by atoms with Crippen LogP contribution in [0.2, 0.25) is 0 Å². The van der Waals surface area contributed by atoms with Crippen LogP contribution in [0.4, 0.5) is 13.6 Å². The molecule has 2 saturated heterocycles. The van der Waals surface area contributed by atoms with Gasteiger partial charge in [0.2, 0.25) is 15.9 Å². The van der Waals surface area contributed by atoms with E-state index in [0.717, 1.165) is 37.8 Å². The monoisotopic (exact) mass is 755 g/mol. The van der Waals surface area contributed by atoms with Gasteiger partial charge in [0.05, 0.1) is 18.6 Å². The summed E-state index contributed by atoms with van der Waals surface area (Å²) in [4.78, 5) is 29.4. The first-order chi connectivity index (χ1) is 25.1. The highest BCUT2D eigenvalue weighted by molar-refractivity contribution is 7.89. The second-order valence-corrected chi connectivity index (χ2v) is 16.8. The lowest BCUT2D eigenvalue weighted by Gasteiger charge is -2.31. The number of sulfonamides is 1. The van der Waals surface area contributed by atoms with Gasteiger partial charge < -0.3 is 24.0 Å². The van der Waals surface area contributed by atoms with Crippen molar-refractivity contribution >= 4 is 27.6 Å². The quantitative estimate of drug-likeness (QED) is 0.216. The molecule has 1 saturated carbocycles. The van der Waals surface area contributed by atoms with Crippen LogP contribution in [-0.2, 0) is 25.5 Å². The molecule has 2 aliphatic heterocycles. The molecule has 53 heavy (non-hydrogen) atoms. The minimum Gasteiger partial charge on any atom is -0.496 e. The number of hydrogen-bond donors (Lipinski definition) is 1. The lowest BCUT2D eigenvalue weighted by Crippen LogP contribution is -2.56. The average molecular weight is 756 g/mol. The van der Waals surface area contributed by atoms with E-state index in [1.165, 1.54) is 60.9 Å². The van der Waals surface area contributed by atoms with Crippen LogP contribution in [0.3, 0.4) is 0 Å².